The van der Waals surface area contributed by atoms with Gasteiger partial charge in [-0.25, -0.2) is 0 Å². The Morgan fingerprint density at radius 1 is 1.29 bits per heavy atom. The van der Waals surface area contributed by atoms with Crippen molar-refractivity contribution in [2.45, 2.75) is 31.7 Å². The largest absolute Gasteiger partial charge is 0.481 e. The van der Waals surface area contributed by atoms with Gasteiger partial charge in [0.15, 0.2) is 0 Å². The average molecular weight is 200 g/mol. The molecule has 0 unspecified atom stereocenters. The van der Waals surface area contributed by atoms with E-state index in [0.717, 1.165) is 38.8 Å². The predicted molar refractivity (Wildman–Crippen MR) is 55.3 cm³/mol. The van der Waals surface area contributed by atoms with Gasteiger partial charge in [0.1, 0.15) is 0 Å². The van der Waals surface area contributed by atoms with Gasteiger partial charge in [-0.3, -0.25) is 4.79 Å². The molecule has 0 atom stereocenters. The van der Waals surface area contributed by atoms with Gasteiger partial charge in [-0.1, -0.05) is 0 Å². The molecule has 4 nitrogen and oxygen atoms in total. The average Bonchev–Trinajstić information content (AvgIpc) is 2.19. The van der Waals surface area contributed by atoms with Crippen LogP contribution in [0.3, 0.4) is 0 Å². The maximum atomic E-state index is 10.7. The summed E-state index contributed by atoms with van der Waals surface area (Å²) in [5, 5.41) is 15.3. The lowest BCUT2D eigenvalue weighted by Crippen LogP contribution is -2.38. The second-order valence-corrected chi connectivity index (χ2v) is 3.94. The number of rotatable bonds is 5. The van der Waals surface area contributed by atoms with Crippen LogP contribution in [-0.4, -0.2) is 37.3 Å². The summed E-state index contributed by atoms with van der Waals surface area (Å²) in [5.41, 5.74) is 0. The maximum Gasteiger partial charge on any atom is 0.306 e. The minimum absolute atomic E-state index is 0.0997. The van der Waals surface area contributed by atoms with Crippen molar-refractivity contribution in [1.82, 2.24) is 10.6 Å². The molecule has 0 amide bonds. The Kier molecular flexibility index (Phi) is 4.90. The first-order chi connectivity index (χ1) is 6.74. The summed E-state index contributed by atoms with van der Waals surface area (Å²) in [6.45, 7) is 1.94. The van der Waals surface area contributed by atoms with Gasteiger partial charge < -0.3 is 15.7 Å². The topological polar surface area (TPSA) is 61.4 Å². The third-order valence-corrected chi connectivity index (χ3v) is 2.88. The standard InChI is InChI=1S/C10H20N2O2/c1-11-6-7-12-9-4-2-8(3-5-9)10(13)14/h8-9,11-12H,2-7H2,1H3,(H,13,14). The third kappa shape index (κ3) is 3.64. The second-order valence-electron chi connectivity index (χ2n) is 3.94. The molecule has 0 radical (unpaired) electrons. The first-order valence-electron chi connectivity index (χ1n) is 5.35. The van der Waals surface area contributed by atoms with Gasteiger partial charge in [0.05, 0.1) is 5.92 Å². The van der Waals surface area contributed by atoms with E-state index in [0.29, 0.717) is 6.04 Å². The zero-order valence-corrected chi connectivity index (χ0v) is 8.75. The van der Waals surface area contributed by atoms with Crippen molar-refractivity contribution < 1.29 is 9.90 Å². The Labute approximate surface area is 85.1 Å². The number of aliphatic carboxylic acids is 1. The zero-order chi connectivity index (χ0) is 10.4. The number of hydrogen-bond donors (Lipinski definition) is 3. The van der Waals surface area contributed by atoms with Crippen molar-refractivity contribution in [2.24, 2.45) is 5.92 Å². The van der Waals surface area contributed by atoms with Gasteiger partial charge in [0.25, 0.3) is 0 Å². The Balaban J connectivity index is 2.12. The fourth-order valence-corrected chi connectivity index (χ4v) is 1.95. The summed E-state index contributed by atoms with van der Waals surface area (Å²) in [6.07, 6.45) is 3.65. The number of hydrogen-bond acceptors (Lipinski definition) is 3. The molecule has 0 aromatic rings. The number of carbonyl (C=O) groups is 1. The molecule has 1 fully saturated rings. The molecular weight excluding hydrogens is 180 g/mol. The van der Waals surface area contributed by atoms with Crippen molar-refractivity contribution in [3.8, 4) is 0 Å². The lowest BCUT2D eigenvalue weighted by molar-refractivity contribution is -0.142. The molecule has 0 aromatic carbocycles. The van der Waals surface area contributed by atoms with Gasteiger partial charge >= 0.3 is 5.97 Å². The summed E-state index contributed by atoms with van der Waals surface area (Å²) >= 11 is 0. The highest BCUT2D eigenvalue weighted by molar-refractivity contribution is 5.70. The number of likely N-dealkylation sites (N-methyl/N-ethyl adjacent to an activating group) is 1. The number of carboxylic acids is 1. The Bertz CT molecular complexity index is 177. The van der Waals surface area contributed by atoms with Crippen LogP contribution in [0, 0.1) is 5.92 Å². The highest BCUT2D eigenvalue weighted by Gasteiger charge is 2.25. The molecule has 1 aliphatic rings. The van der Waals surface area contributed by atoms with Gasteiger partial charge in [-0.05, 0) is 32.7 Å². The number of nitrogens with one attached hydrogen (secondary N) is 2. The monoisotopic (exact) mass is 200 g/mol. The Morgan fingerprint density at radius 3 is 2.43 bits per heavy atom. The zero-order valence-electron chi connectivity index (χ0n) is 8.75. The van der Waals surface area contributed by atoms with Gasteiger partial charge in [0.2, 0.25) is 0 Å². The first-order valence-corrected chi connectivity index (χ1v) is 5.35. The smallest absolute Gasteiger partial charge is 0.306 e. The van der Waals surface area contributed by atoms with Crippen LogP contribution in [0.25, 0.3) is 0 Å². The van der Waals surface area contributed by atoms with E-state index in [-0.39, 0.29) is 5.92 Å². The molecular formula is C10H20N2O2. The molecule has 0 aromatic heterocycles. The molecule has 1 saturated carbocycles. The Hall–Kier alpha value is -0.610. The van der Waals surface area contributed by atoms with Gasteiger partial charge in [0, 0.05) is 19.1 Å². The summed E-state index contributed by atoms with van der Waals surface area (Å²) in [5.74, 6) is -0.726. The van der Waals surface area contributed by atoms with Crippen LogP contribution in [0.1, 0.15) is 25.7 Å². The van der Waals surface area contributed by atoms with Crippen LogP contribution >= 0.6 is 0 Å². The molecule has 0 bridgehead atoms. The fourth-order valence-electron chi connectivity index (χ4n) is 1.95. The Morgan fingerprint density at radius 2 is 1.93 bits per heavy atom. The SMILES string of the molecule is CNCCNC1CCC(C(=O)O)CC1. The van der Waals surface area contributed by atoms with Crippen molar-refractivity contribution in [3.05, 3.63) is 0 Å². The van der Waals surface area contributed by atoms with E-state index in [1.165, 1.54) is 0 Å². The van der Waals surface area contributed by atoms with E-state index in [4.69, 9.17) is 5.11 Å². The number of carboxylic acid groups (broad SMARTS) is 1. The quantitative estimate of drug-likeness (QED) is 0.564. The van der Waals surface area contributed by atoms with Crippen molar-refractivity contribution >= 4 is 5.97 Å². The van der Waals surface area contributed by atoms with Gasteiger partial charge in [-0.2, -0.15) is 0 Å². The van der Waals surface area contributed by atoms with E-state index < -0.39 is 5.97 Å². The van der Waals surface area contributed by atoms with Crippen LogP contribution in [0.4, 0.5) is 0 Å². The second kappa shape index (κ2) is 5.98. The highest BCUT2D eigenvalue weighted by Crippen LogP contribution is 2.24. The van der Waals surface area contributed by atoms with E-state index in [1.54, 1.807) is 0 Å². The van der Waals surface area contributed by atoms with Crippen LogP contribution in [0.15, 0.2) is 0 Å². The molecule has 1 rings (SSSR count). The van der Waals surface area contributed by atoms with Crippen molar-refractivity contribution in [3.63, 3.8) is 0 Å². The van der Waals surface area contributed by atoms with Crippen molar-refractivity contribution in [2.75, 3.05) is 20.1 Å². The summed E-state index contributed by atoms with van der Waals surface area (Å²) < 4.78 is 0. The van der Waals surface area contributed by atoms with Crippen LogP contribution in [0.5, 0.6) is 0 Å². The van der Waals surface area contributed by atoms with Gasteiger partial charge in [-0.15, -0.1) is 0 Å². The van der Waals surface area contributed by atoms with Crippen LogP contribution in [0.2, 0.25) is 0 Å². The van der Waals surface area contributed by atoms with E-state index >= 15 is 0 Å². The molecule has 0 spiro atoms. The van der Waals surface area contributed by atoms with Crippen LogP contribution < -0.4 is 10.6 Å². The normalized spacial score (nSPS) is 27.5. The summed E-state index contributed by atoms with van der Waals surface area (Å²) in [6, 6.07) is 0.527. The lowest BCUT2D eigenvalue weighted by Gasteiger charge is -2.26. The van der Waals surface area contributed by atoms with Crippen molar-refractivity contribution in [1.29, 1.82) is 0 Å². The van der Waals surface area contributed by atoms with E-state index in [1.807, 2.05) is 7.05 Å². The van der Waals surface area contributed by atoms with Crippen LogP contribution in [-0.2, 0) is 4.79 Å². The van der Waals surface area contributed by atoms with E-state index in [2.05, 4.69) is 10.6 Å². The third-order valence-electron chi connectivity index (χ3n) is 2.88. The lowest BCUT2D eigenvalue weighted by atomic mass is 9.86. The maximum absolute atomic E-state index is 10.7. The fraction of sp³-hybridized carbons (Fsp3) is 0.900. The molecule has 0 aliphatic heterocycles. The predicted octanol–water partition coefficient (Wildman–Crippen LogP) is 0.439. The molecule has 0 saturated heterocycles. The minimum atomic E-state index is -0.626. The summed E-state index contributed by atoms with van der Waals surface area (Å²) in [7, 11) is 1.93. The minimum Gasteiger partial charge on any atom is -0.481 e. The molecule has 14 heavy (non-hydrogen) atoms. The molecule has 0 heterocycles. The molecule has 3 N–H and O–H groups in total. The molecule has 82 valence electrons. The van der Waals surface area contributed by atoms with E-state index in [9.17, 15) is 4.79 Å². The molecule has 1 aliphatic carbocycles. The first kappa shape index (κ1) is 11.5. The summed E-state index contributed by atoms with van der Waals surface area (Å²) in [4.78, 5) is 10.7. The molecule has 4 heteroatoms. The highest BCUT2D eigenvalue weighted by atomic mass is 16.4.